The van der Waals surface area contributed by atoms with Crippen molar-refractivity contribution < 1.29 is 4.74 Å². The van der Waals surface area contributed by atoms with Crippen LogP contribution in [0, 0.1) is 6.92 Å². The summed E-state index contributed by atoms with van der Waals surface area (Å²) in [5.41, 5.74) is 8.86. The number of rotatable bonds is 6. The molecule has 0 fully saturated rings. The largest absolute Gasteiger partial charge is 0.497 e. The van der Waals surface area contributed by atoms with Gasteiger partial charge in [0.05, 0.1) is 7.11 Å². The van der Waals surface area contributed by atoms with E-state index in [0.29, 0.717) is 0 Å². The Hall–Kier alpha value is -1.45. The molecule has 2 aromatic carbocycles. The highest BCUT2D eigenvalue weighted by Crippen LogP contribution is 2.39. The number of hydrogen-bond acceptors (Lipinski definition) is 3. The molecule has 0 aliphatic rings. The van der Waals surface area contributed by atoms with Crippen LogP contribution in [-0.4, -0.2) is 13.2 Å². The molecule has 2 nitrogen and oxygen atoms in total. The summed E-state index contributed by atoms with van der Waals surface area (Å²) in [6.07, 6.45) is 0.945. The number of methoxy groups -OCH3 is 1. The molecule has 0 saturated heterocycles. The van der Waals surface area contributed by atoms with Crippen molar-refractivity contribution in [1.29, 1.82) is 0 Å². The Morgan fingerprint density at radius 2 is 1.90 bits per heavy atom. The molecule has 2 aromatic rings. The molecule has 0 heterocycles. The quantitative estimate of drug-likeness (QED) is 0.794. The molecule has 0 radical (unpaired) electrons. The molecule has 0 aliphatic carbocycles. The van der Waals surface area contributed by atoms with Gasteiger partial charge in [-0.15, -0.1) is 11.8 Å². The van der Waals surface area contributed by atoms with Gasteiger partial charge in [-0.05, 0) is 43.2 Å². The van der Waals surface area contributed by atoms with Crippen LogP contribution in [-0.2, 0) is 0 Å². The normalized spacial score (nSPS) is 13.7. The van der Waals surface area contributed by atoms with Crippen molar-refractivity contribution in [1.82, 2.24) is 0 Å². The second-order valence-corrected chi connectivity index (χ2v) is 6.42. The Labute approximate surface area is 131 Å². The summed E-state index contributed by atoms with van der Waals surface area (Å²) in [5, 5.41) is 0.229. The molecule has 2 unspecified atom stereocenters. The van der Waals surface area contributed by atoms with Crippen LogP contribution in [0.3, 0.4) is 0 Å². The summed E-state index contributed by atoms with van der Waals surface area (Å²) in [7, 11) is 1.70. The van der Waals surface area contributed by atoms with Crippen LogP contribution in [0.4, 0.5) is 0 Å². The second-order valence-electron chi connectivity index (χ2n) is 5.20. The van der Waals surface area contributed by atoms with Crippen LogP contribution >= 0.6 is 11.8 Å². The molecule has 0 saturated carbocycles. The summed E-state index contributed by atoms with van der Waals surface area (Å²) in [6.45, 7) is 4.25. The van der Waals surface area contributed by atoms with Crippen LogP contribution in [0.25, 0.3) is 0 Å². The standard InChI is InChI=1S/C18H23NOS/c1-4-17(19)18(14-8-6-9-15(12-14)20-3)21-16-10-5-7-13(2)11-16/h5-12,17-18H,4,19H2,1-3H3. The Balaban J connectivity index is 2.29. The lowest BCUT2D eigenvalue weighted by Gasteiger charge is -2.23. The number of aryl methyl sites for hydroxylation is 1. The van der Waals surface area contributed by atoms with E-state index in [0.717, 1.165) is 12.2 Å². The average Bonchev–Trinajstić information content (AvgIpc) is 2.52. The maximum atomic E-state index is 6.37. The lowest BCUT2D eigenvalue weighted by molar-refractivity contribution is 0.414. The fraction of sp³-hybridized carbons (Fsp3) is 0.333. The predicted octanol–water partition coefficient (Wildman–Crippen LogP) is 4.57. The zero-order chi connectivity index (χ0) is 15.2. The Morgan fingerprint density at radius 3 is 2.57 bits per heavy atom. The van der Waals surface area contributed by atoms with Crippen LogP contribution in [0.15, 0.2) is 53.4 Å². The van der Waals surface area contributed by atoms with E-state index >= 15 is 0 Å². The second kappa shape index (κ2) is 7.53. The van der Waals surface area contributed by atoms with Crippen molar-refractivity contribution in [2.45, 2.75) is 36.5 Å². The van der Waals surface area contributed by atoms with Crippen molar-refractivity contribution in [3.05, 3.63) is 59.7 Å². The number of nitrogens with two attached hydrogens (primary N) is 1. The van der Waals surface area contributed by atoms with Gasteiger partial charge in [-0.1, -0.05) is 36.8 Å². The van der Waals surface area contributed by atoms with Crippen LogP contribution in [0.5, 0.6) is 5.75 Å². The van der Waals surface area contributed by atoms with Crippen molar-refractivity contribution >= 4 is 11.8 Å². The fourth-order valence-electron chi connectivity index (χ4n) is 2.27. The van der Waals surface area contributed by atoms with Gasteiger partial charge in [0.25, 0.3) is 0 Å². The van der Waals surface area contributed by atoms with Gasteiger partial charge in [0, 0.05) is 16.2 Å². The summed E-state index contributed by atoms with van der Waals surface area (Å²) < 4.78 is 5.34. The minimum absolute atomic E-state index is 0.114. The van der Waals surface area contributed by atoms with Crippen molar-refractivity contribution in [3.63, 3.8) is 0 Å². The Morgan fingerprint density at radius 1 is 1.14 bits per heavy atom. The van der Waals surface area contributed by atoms with Crippen LogP contribution in [0.2, 0.25) is 0 Å². The molecule has 0 aromatic heterocycles. The number of hydrogen-bond donors (Lipinski definition) is 1. The van der Waals surface area contributed by atoms with E-state index in [9.17, 15) is 0 Å². The molecule has 2 N–H and O–H groups in total. The molecule has 3 heteroatoms. The SMILES string of the molecule is CCC(N)C(Sc1cccc(C)c1)c1cccc(OC)c1. The third-order valence-corrected chi connectivity index (χ3v) is 4.94. The summed E-state index contributed by atoms with van der Waals surface area (Å²) in [4.78, 5) is 1.26. The van der Waals surface area contributed by atoms with Gasteiger partial charge < -0.3 is 10.5 Å². The van der Waals surface area contributed by atoms with E-state index in [2.05, 4.69) is 50.2 Å². The zero-order valence-corrected chi connectivity index (χ0v) is 13.7. The first-order valence-electron chi connectivity index (χ1n) is 7.27. The number of benzene rings is 2. The highest BCUT2D eigenvalue weighted by molar-refractivity contribution is 7.99. The minimum atomic E-state index is 0.114. The first-order valence-corrected chi connectivity index (χ1v) is 8.15. The minimum Gasteiger partial charge on any atom is -0.497 e. The first kappa shape index (κ1) is 15.9. The fourth-order valence-corrected chi connectivity index (χ4v) is 3.62. The van der Waals surface area contributed by atoms with Gasteiger partial charge in [0.2, 0.25) is 0 Å². The Bertz CT molecular complexity index is 585. The summed E-state index contributed by atoms with van der Waals surface area (Å²) >= 11 is 1.83. The number of thioether (sulfide) groups is 1. The van der Waals surface area contributed by atoms with Crippen molar-refractivity contribution in [3.8, 4) is 5.75 Å². The highest BCUT2D eigenvalue weighted by atomic mass is 32.2. The Kier molecular flexibility index (Phi) is 5.71. The van der Waals surface area contributed by atoms with Crippen molar-refractivity contribution in [2.24, 2.45) is 5.73 Å². The smallest absolute Gasteiger partial charge is 0.119 e. The molecule has 2 rings (SSSR count). The van der Waals surface area contributed by atoms with Crippen LogP contribution < -0.4 is 10.5 Å². The molecule has 2 atom stereocenters. The van der Waals surface area contributed by atoms with E-state index in [1.165, 1.54) is 16.0 Å². The third-order valence-electron chi connectivity index (χ3n) is 3.54. The molecule has 0 aliphatic heterocycles. The molecule has 21 heavy (non-hydrogen) atoms. The highest BCUT2D eigenvalue weighted by Gasteiger charge is 2.20. The maximum absolute atomic E-state index is 6.37. The molecular weight excluding hydrogens is 278 g/mol. The third kappa shape index (κ3) is 4.26. The van der Waals surface area contributed by atoms with Gasteiger partial charge in [-0.3, -0.25) is 0 Å². The van der Waals surface area contributed by atoms with E-state index < -0.39 is 0 Å². The number of ether oxygens (including phenoxy) is 1. The predicted molar refractivity (Wildman–Crippen MR) is 91.0 cm³/mol. The molecule has 0 bridgehead atoms. The molecule has 0 spiro atoms. The maximum Gasteiger partial charge on any atom is 0.119 e. The average molecular weight is 301 g/mol. The van der Waals surface area contributed by atoms with Gasteiger partial charge in [-0.2, -0.15) is 0 Å². The molecule has 0 amide bonds. The van der Waals surface area contributed by atoms with Gasteiger partial charge in [-0.25, -0.2) is 0 Å². The van der Waals surface area contributed by atoms with E-state index in [1.54, 1.807) is 7.11 Å². The van der Waals surface area contributed by atoms with E-state index in [-0.39, 0.29) is 11.3 Å². The summed E-state index contributed by atoms with van der Waals surface area (Å²) in [6, 6.07) is 16.9. The lowest BCUT2D eigenvalue weighted by Crippen LogP contribution is -2.25. The van der Waals surface area contributed by atoms with E-state index in [4.69, 9.17) is 10.5 Å². The van der Waals surface area contributed by atoms with Gasteiger partial charge in [0.1, 0.15) is 5.75 Å². The topological polar surface area (TPSA) is 35.2 Å². The van der Waals surface area contributed by atoms with Crippen LogP contribution in [0.1, 0.15) is 29.7 Å². The zero-order valence-electron chi connectivity index (χ0n) is 12.9. The molecule has 112 valence electrons. The monoisotopic (exact) mass is 301 g/mol. The lowest BCUT2D eigenvalue weighted by atomic mass is 10.0. The van der Waals surface area contributed by atoms with E-state index in [1.807, 2.05) is 23.9 Å². The summed E-state index contributed by atoms with van der Waals surface area (Å²) in [5.74, 6) is 0.880. The van der Waals surface area contributed by atoms with Gasteiger partial charge >= 0.3 is 0 Å². The van der Waals surface area contributed by atoms with Gasteiger partial charge in [0.15, 0.2) is 0 Å². The van der Waals surface area contributed by atoms with Crippen molar-refractivity contribution in [2.75, 3.05) is 7.11 Å². The first-order chi connectivity index (χ1) is 10.1. The molecular formula is C18H23NOS.